The first-order valence-corrected chi connectivity index (χ1v) is 6.61. The molecule has 0 aromatic rings. The number of nitrogens with zero attached hydrogens (tertiary/aromatic N) is 1. The molecule has 3 nitrogen and oxygen atoms in total. The lowest BCUT2D eigenvalue weighted by molar-refractivity contribution is -0.137. The summed E-state index contributed by atoms with van der Waals surface area (Å²) < 4.78 is 0. The number of hydrogen-bond acceptors (Lipinski definition) is 2. The van der Waals surface area contributed by atoms with Crippen molar-refractivity contribution >= 4 is 5.97 Å². The van der Waals surface area contributed by atoms with Crippen LogP contribution in [0, 0.1) is 11.8 Å². The van der Waals surface area contributed by atoms with Crippen LogP contribution in [0.4, 0.5) is 0 Å². The summed E-state index contributed by atoms with van der Waals surface area (Å²) >= 11 is 0. The average Bonchev–Trinajstić information content (AvgIpc) is 3.06. The molecule has 1 N–H and O–H groups in total. The minimum absolute atomic E-state index is 0.312. The Bertz CT molecular complexity index is 232. The second kappa shape index (κ2) is 5.17. The summed E-state index contributed by atoms with van der Waals surface area (Å²) in [4.78, 5) is 13.1. The van der Waals surface area contributed by atoms with Gasteiger partial charge in [0.05, 0.1) is 0 Å². The Hall–Kier alpha value is -0.570. The van der Waals surface area contributed by atoms with E-state index in [9.17, 15) is 4.79 Å². The molecule has 3 heteroatoms. The highest BCUT2D eigenvalue weighted by atomic mass is 16.4. The van der Waals surface area contributed by atoms with E-state index in [0.717, 1.165) is 18.3 Å². The van der Waals surface area contributed by atoms with Crippen LogP contribution in [-0.2, 0) is 4.79 Å². The van der Waals surface area contributed by atoms with Gasteiger partial charge >= 0.3 is 5.97 Å². The van der Waals surface area contributed by atoms with Crippen molar-refractivity contribution in [2.24, 2.45) is 11.8 Å². The second-order valence-corrected chi connectivity index (χ2v) is 5.62. The lowest BCUT2D eigenvalue weighted by atomic mass is 10.1. The summed E-state index contributed by atoms with van der Waals surface area (Å²) in [5.41, 5.74) is 0. The maximum atomic E-state index is 10.6. The molecule has 2 fully saturated rings. The van der Waals surface area contributed by atoms with E-state index in [1.54, 1.807) is 0 Å². The molecule has 0 amide bonds. The molecule has 1 atom stereocenters. The predicted molar refractivity (Wildman–Crippen MR) is 63.4 cm³/mol. The molecule has 2 aliphatic carbocycles. The van der Waals surface area contributed by atoms with Gasteiger partial charge < -0.3 is 10.0 Å². The van der Waals surface area contributed by atoms with Gasteiger partial charge in [0.2, 0.25) is 0 Å². The Labute approximate surface area is 97.8 Å². The van der Waals surface area contributed by atoms with Crippen molar-refractivity contribution in [2.75, 3.05) is 13.1 Å². The first-order valence-electron chi connectivity index (χ1n) is 6.61. The van der Waals surface area contributed by atoms with Crippen LogP contribution in [0.15, 0.2) is 0 Å². The Kier molecular flexibility index (Phi) is 3.85. The number of carboxylic acids is 1. The highest BCUT2D eigenvalue weighted by Gasteiger charge is 2.31. The van der Waals surface area contributed by atoms with Gasteiger partial charge in [0, 0.05) is 25.6 Å². The van der Waals surface area contributed by atoms with Crippen molar-refractivity contribution in [3.05, 3.63) is 0 Å². The lowest BCUT2D eigenvalue weighted by Gasteiger charge is -2.29. The fourth-order valence-corrected chi connectivity index (χ4v) is 2.21. The molecule has 2 saturated carbocycles. The summed E-state index contributed by atoms with van der Waals surface area (Å²) in [6.45, 7) is 4.60. The molecule has 92 valence electrons. The number of carbonyl (C=O) groups is 1. The zero-order valence-corrected chi connectivity index (χ0v) is 10.2. The van der Waals surface area contributed by atoms with Crippen LogP contribution >= 0.6 is 0 Å². The topological polar surface area (TPSA) is 40.5 Å². The zero-order chi connectivity index (χ0) is 11.5. The van der Waals surface area contributed by atoms with Crippen molar-refractivity contribution in [3.8, 4) is 0 Å². The van der Waals surface area contributed by atoms with E-state index < -0.39 is 5.97 Å². The van der Waals surface area contributed by atoms with Crippen molar-refractivity contribution in [1.82, 2.24) is 4.90 Å². The van der Waals surface area contributed by atoms with E-state index in [1.807, 2.05) is 0 Å². The molecule has 16 heavy (non-hydrogen) atoms. The fourth-order valence-electron chi connectivity index (χ4n) is 2.21. The van der Waals surface area contributed by atoms with Gasteiger partial charge in [-0.05, 0) is 50.9 Å². The number of rotatable bonds is 8. The smallest absolute Gasteiger partial charge is 0.303 e. The molecule has 2 rings (SSSR count). The number of aliphatic carboxylic acids is 1. The Morgan fingerprint density at radius 3 is 2.12 bits per heavy atom. The van der Waals surface area contributed by atoms with Gasteiger partial charge in [-0.1, -0.05) is 0 Å². The van der Waals surface area contributed by atoms with Crippen LogP contribution in [0.3, 0.4) is 0 Å². The summed E-state index contributed by atoms with van der Waals surface area (Å²) in [5.74, 6) is 1.15. The van der Waals surface area contributed by atoms with E-state index >= 15 is 0 Å². The third kappa shape index (κ3) is 4.12. The number of carboxylic acid groups (broad SMARTS) is 1. The van der Waals surface area contributed by atoms with Gasteiger partial charge in [-0.15, -0.1) is 0 Å². The summed E-state index contributed by atoms with van der Waals surface area (Å²) in [7, 11) is 0. The van der Waals surface area contributed by atoms with Gasteiger partial charge in [0.1, 0.15) is 0 Å². The van der Waals surface area contributed by atoms with Crippen LogP contribution in [0.25, 0.3) is 0 Å². The van der Waals surface area contributed by atoms with Crippen LogP contribution < -0.4 is 0 Å². The van der Waals surface area contributed by atoms with E-state index in [-0.39, 0.29) is 0 Å². The van der Waals surface area contributed by atoms with E-state index in [0.29, 0.717) is 12.5 Å². The second-order valence-electron chi connectivity index (χ2n) is 5.62. The van der Waals surface area contributed by atoms with Gasteiger partial charge in [-0.25, -0.2) is 0 Å². The Balaban J connectivity index is 1.75. The summed E-state index contributed by atoms with van der Waals surface area (Å²) in [5, 5.41) is 8.71. The van der Waals surface area contributed by atoms with Crippen molar-refractivity contribution < 1.29 is 9.90 Å². The van der Waals surface area contributed by atoms with Crippen LogP contribution in [0.2, 0.25) is 0 Å². The molecule has 0 aromatic heterocycles. The summed E-state index contributed by atoms with van der Waals surface area (Å²) in [6.07, 6.45) is 6.64. The molecule has 0 aliphatic heterocycles. The third-order valence-corrected chi connectivity index (χ3v) is 3.78. The number of hydrogen-bond donors (Lipinski definition) is 1. The molecule has 0 aromatic carbocycles. The average molecular weight is 225 g/mol. The fraction of sp³-hybridized carbons (Fsp3) is 0.923. The predicted octanol–water partition coefficient (Wildman–Crippen LogP) is 2.36. The Morgan fingerprint density at radius 2 is 1.75 bits per heavy atom. The maximum absolute atomic E-state index is 10.6. The van der Waals surface area contributed by atoms with Crippen molar-refractivity contribution in [2.45, 2.75) is 51.5 Å². The molecule has 0 radical (unpaired) electrons. The van der Waals surface area contributed by atoms with Gasteiger partial charge in [0.25, 0.3) is 0 Å². The van der Waals surface area contributed by atoms with Crippen LogP contribution in [0.5, 0.6) is 0 Å². The lowest BCUT2D eigenvalue weighted by Crippen LogP contribution is -2.36. The monoisotopic (exact) mass is 225 g/mol. The van der Waals surface area contributed by atoms with Gasteiger partial charge in [0.15, 0.2) is 0 Å². The molecule has 2 aliphatic rings. The van der Waals surface area contributed by atoms with Gasteiger partial charge in [-0.3, -0.25) is 4.79 Å². The summed E-state index contributed by atoms with van der Waals surface area (Å²) in [6, 6.07) is 0.442. The minimum Gasteiger partial charge on any atom is -0.481 e. The van der Waals surface area contributed by atoms with E-state index in [1.165, 1.54) is 38.8 Å². The molecule has 0 spiro atoms. The highest BCUT2D eigenvalue weighted by Crippen LogP contribution is 2.34. The Morgan fingerprint density at radius 1 is 1.25 bits per heavy atom. The first kappa shape index (κ1) is 11.9. The SMILES string of the molecule is CC(CCC(=O)O)N(CC1CC1)CC1CC1. The molecule has 1 unspecified atom stereocenters. The standard InChI is InChI=1S/C13H23NO2/c1-10(2-7-13(15)16)14(8-11-3-4-11)9-12-5-6-12/h10-12H,2-9H2,1H3,(H,15,16). The van der Waals surface area contributed by atoms with E-state index in [2.05, 4.69) is 11.8 Å². The molecule has 0 heterocycles. The maximum Gasteiger partial charge on any atom is 0.303 e. The molecular weight excluding hydrogens is 202 g/mol. The first-order chi connectivity index (χ1) is 7.65. The highest BCUT2D eigenvalue weighted by molar-refractivity contribution is 5.66. The van der Waals surface area contributed by atoms with Crippen molar-refractivity contribution in [3.63, 3.8) is 0 Å². The largest absolute Gasteiger partial charge is 0.481 e. The van der Waals surface area contributed by atoms with Gasteiger partial charge in [-0.2, -0.15) is 0 Å². The molecule has 0 bridgehead atoms. The normalized spacial score (nSPS) is 22.4. The van der Waals surface area contributed by atoms with Crippen LogP contribution in [0.1, 0.15) is 45.4 Å². The third-order valence-electron chi connectivity index (χ3n) is 3.78. The molecular formula is C13H23NO2. The zero-order valence-electron chi connectivity index (χ0n) is 10.2. The minimum atomic E-state index is -0.662. The molecule has 0 saturated heterocycles. The van der Waals surface area contributed by atoms with Crippen molar-refractivity contribution in [1.29, 1.82) is 0 Å². The van der Waals surface area contributed by atoms with Crippen LogP contribution in [-0.4, -0.2) is 35.1 Å². The quantitative estimate of drug-likeness (QED) is 0.689. The van der Waals surface area contributed by atoms with E-state index in [4.69, 9.17) is 5.11 Å².